The molecular formula is C13H25NO2. The van der Waals surface area contributed by atoms with Gasteiger partial charge in [-0.05, 0) is 33.1 Å². The Morgan fingerprint density at radius 1 is 1.25 bits per heavy atom. The van der Waals surface area contributed by atoms with Crippen molar-refractivity contribution in [3.8, 4) is 0 Å². The highest BCUT2D eigenvalue weighted by molar-refractivity contribution is 5.67. The molecule has 1 rings (SSSR count). The number of hydrogen-bond acceptors (Lipinski definition) is 2. The zero-order valence-electron chi connectivity index (χ0n) is 10.8. The summed E-state index contributed by atoms with van der Waals surface area (Å²) < 4.78 is 5.18. The highest BCUT2D eigenvalue weighted by Gasteiger charge is 2.17. The summed E-state index contributed by atoms with van der Waals surface area (Å²) in [6.45, 7) is 6.40. The van der Waals surface area contributed by atoms with Crippen LogP contribution in [0.2, 0.25) is 0 Å². The first-order valence-electron chi connectivity index (χ1n) is 6.44. The molecular weight excluding hydrogens is 202 g/mol. The van der Waals surface area contributed by atoms with Crippen LogP contribution in [-0.4, -0.2) is 18.2 Å². The summed E-state index contributed by atoms with van der Waals surface area (Å²) in [5.74, 6) is 0.809. The lowest BCUT2D eigenvalue weighted by Gasteiger charge is -2.22. The van der Waals surface area contributed by atoms with Crippen LogP contribution in [0, 0.1) is 5.92 Å². The van der Waals surface area contributed by atoms with Crippen molar-refractivity contribution in [3.63, 3.8) is 0 Å². The first-order chi connectivity index (χ1) is 7.47. The van der Waals surface area contributed by atoms with E-state index >= 15 is 0 Å². The molecule has 0 aliphatic heterocycles. The van der Waals surface area contributed by atoms with Crippen molar-refractivity contribution >= 4 is 6.09 Å². The first-order valence-corrected chi connectivity index (χ1v) is 6.44. The molecule has 0 saturated heterocycles. The molecule has 0 aromatic carbocycles. The average molecular weight is 227 g/mol. The van der Waals surface area contributed by atoms with Gasteiger partial charge in [0.2, 0.25) is 0 Å². The molecule has 0 unspecified atom stereocenters. The third kappa shape index (κ3) is 5.99. The van der Waals surface area contributed by atoms with Crippen molar-refractivity contribution < 1.29 is 9.53 Å². The van der Waals surface area contributed by atoms with Crippen molar-refractivity contribution in [1.82, 2.24) is 5.32 Å². The van der Waals surface area contributed by atoms with E-state index in [9.17, 15) is 4.79 Å². The van der Waals surface area contributed by atoms with Crippen molar-refractivity contribution in [2.24, 2.45) is 5.92 Å². The molecule has 0 spiro atoms. The van der Waals surface area contributed by atoms with Crippen LogP contribution in [0.25, 0.3) is 0 Å². The fraction of sp³-hybridized carbons (Fsp3) is 0.923. The van der Waals surface area contributed by atoms with E-state index in [0.717, 1.165) is 18.9 Å². The minimum Gasteiger partial charge on any atom is -0.444 e. The topological polar surface area (TPSA) is 38.3 Å². The minimum atomic E-state index is -0.394. The number of rotatable bonds is 3. The van der Waals surface area contributed by atoms with E-state index in [-0.39, 0.29) is 6.09 Å². The van der Waals surface area contributed by atoms with Gasteiger partial charge in [-0.2, -0.15) is 0 Å². The summed E-state index contributed by atoms with van der Waals surface area (Å²) in [4.78, 5) is 11.4. The van der Waals surface area contributed by atoms with Gasteiger partial charge in [0, 0.05) is 6.54 Å². The number of carbonyl (C=O) groups excluding carboxylic acids is 1. The van der Waals surface area contributed by atoms with Gasteiger partial charge in [0.05, 0.1) is 0 Å². The van der Waals surface area contributed by atoms with Crippen molar-refractivity contribution in [2.75, 3.05) is 6.54 Å². The Balaban J connectivity index is 2.08. The Hall–Kier alpha value is -0.730. The molecule has 1 fully saturated rings. The second kappa shape index (κ2) is 6.12. The number of alkyl carbamates (subject to hydrolysis) is 1. The van der Waals surface area contributed by atoms with Gasteiger partial charge < -0.3 is 10.1 Å². The van der Waals surface area contributed by atoms with Crippen molar-refractivity contribution in [2.45, 2.75) is 64.9 Å². The highest BCUT2D eigenvalue weighted by atomic mass is 16.6. The van der Waals surface area contributed by atoms with Crippen LogP contribution in [0.1, 0.15) is 59.3 Å². The second-order valence-electron chi connectivity index (χ2n) is 5.72. The number of amides is 1. The molecule has 0 heterocycles. The van der Waals surface area contributed by atoms with Gasteiger partial charge >= 0.3 is 6.09 Å². The summed E-state index contributed by atoms with van der Waals surface area (Å²) in [5, 5.41) is 2.83. The van der Waals surface area contributed by atoms with Gasteiger partial charge in [-0.15, -0.1) is 0 Å². The number of hydrogen-bond donors (Lipinski definition) is 1. The van der Waals surface area contributed by atoms with Crippen LogP contribution in [0.15, 0.2) is 0 Å². The maximum Gasteiger partial charge on any atom is 0.407 e. The third-order valence-corrected chi connectivity index (χ3v) is 2.95. The summed E-state index contributed by atoms with van der Waals surface area (Å²) >= 11 is 0. The Labute approximate surface area is 98.9 Å². The molecule has 0 aromatic rings. The van der Waals surface area contributed by atoms with E-state index in [1.165, 1.54) is 32.1 Å². The van der Waals surface area contributed by atoms with Crippen LogP contribution in [0.4, 0.5) is 4.79 Å². The average Bonchev–Trinajstić information content (AvgIpc) is 2.16. The van der Waals surface area contributed by atoms with Gasteiger partial charge in [-0.3, -0.25) is 0 Å². The Kier molecular flexibility index (Phi) is 5.10. The standard InChI is InChI=1S/C13H25NO2/c1-13(2,3)16-12(15)14-10-9-11-7-5-4-6-8-11/h11H,4-10H2,1-3H3,(H,14,15). The zero-order valence-corrected chi connectivity index (χ0v) is 10.8. The Morgan fingerprint density at radius 3 is 2.44 bits per heavy atom. The maximum absolute atomic E-state index is 11.4. The smallest absolute Gasteiger partial charge is 0.407 e. The lowest BCUT2D eigenvalue weighted by Crippen LogP contribution is -2.33. The Morgan fingerprint density at radius 2 is 1.88 bits per heavy atom. The first kappa shape index (κ1) is 13.3. The predicted molar refractivity (Wildman–Crippen MR) is 65.4 cm³/mol. The van der Waals surface area contributed by atoms with Gasteiger partial charge in [-0.1, -0.05) is 32.1 Å². The Bertz CT molecular complexity index is 214. The fourth-order valence-corrected chi connectivity index (χ4v) is 2.17. The highest BCUT2D eigenvalue weighted by Crippen LogP contribution is 2.25. The van der Waals surface area contributed by atoms with Gasteiger partial charge in [0.1, 0.15) is 5.60 Å². The van der Waals surface area contributed by atoms with Crippen LogP contribution >= 0.6 is 0 Å². The number of carbonyl (C=O) groups is 1. The van der Waals surface area contributed by atoms with E-state index in [1.807, 2.05) is 20.8 Å². The molecule has 1 aliphatic rings. The molecule has 3 heteroatoms. The molecule has 1 aliphatic carbocycles. The third-order valence-electron chi connectivity index (χ3n) is 2.95. The van der Waals surface area contributed by atoms with E-state index in [1.54, 1.807) is 0 Å². The van der Waals surface area contributed by atoms with Crippen LogP contribution in [0.3, 0.4) is 0 Å². The van der Waals surface area contributed by atoms with Crippen molar-refractivity contribution in [3.05, 3.63) is 0 Å². The molecule has 1 amide bonds. The molecule has 16 heavy (non-hydrogen) atoms. The minimum absolute atomic E-state index is 0.289. The van der Waals surface area contributed by atoms with Crippen molar-refractivity contribution in [1.29, 1.82) is 0 Å². The quantitative estimate of drug-likeness (QED) is 0.801. The van der Waals surface area contributed by atoms with E-state index < -0.39 is 5.60 Å². The summed E-state index contributed by atoms with van der Waals surface area (Å²) in [6, 6.07) is 0. The monoisotopic (exact) mass is 227 g/mol. The molecule has 94 valence electrons. The summed E-state index contributed by atoms with van der Waals surface area (Å²) in [7, 11) is 0. The molecule has 0 aromatic heterocycles. The second-order valence-corrected chi connectivity index (χ2v) is 5.72. The summed E-state index contributed by atoms with van der Waals surface area (Å²) in [6.07, 6.45) is 7.57. The largest absolute Gasteiger partial charge is 0.444 e. The van der Waals surface area contributed by atoms with Gasteiger partial charge in [0.25, 0.3) is 0 Å². The van der Waals surface area contributed by atoms with Gasteiger partial charge in [-0.25, -0.2) is 4.79 Å². The number of nitrogens with one attached hydrogen (secondary N) is 1. The lowest BCUT2D eigenvalue weighted by molar-refractivity contribution is 0.0524. The van der Waals surface area contributed by atoms with E-state index in [4.69, 9.17) is 4.74 Å². The van der Waals surface area contributed by atoms with Crippen LogP contribution < -0.4 is 5.32 Å². The molecule has 0 radical (unpaired) electrons. The molecule has 0 atom stereocenters. The molecule has 1 saturated carbocycles. The van der Waals surface area contributed by atoms with E-state index in [2.05, 4.69) is 5.32 Å². The van der Waals surface area contributed by atoms with Gasteiger partial charge in [0.15, 0.2) is 0 Å². The fourth-order valence-electron chi connectivity index (χ4n) is 2.17. The van der Waals surface area contributed by atoms with Crippen LogP contribution in [-0.2, 0) is 4.74 Å². The SMILES string of the molecule is CC(C)(C)OC(=O)NCCC1CCCCC1. The lowest BCUT2D eigenvalue weighted by atomic mass is 9.87. The zero-order chi connectivity index (χ0) is 12.0. The normalized spacial score (nSPS) is 18.2. The molecule has 0 bridgehead atoms. The van der Waals surface area contributed by atoms with E-state index in [0.29, 0.717) is 0 Å². The summed E-state index contributed by atoms with van der Waals surface area (Å²) in [5.41, 5.74) is -0.394. The maximum atomic E-state index is 11.4. The number of ether oxygens (including phenoxy) is 1. The van der Waals surface area contributed by atoms with Crippen LogP contribution in [0.5, 0.6) is 0 Å². The predicted octanol–water partition coefficient (Wildman–Crippen LogP) is 3.48. The molecule has 1 N–H and O–H groups in total. The molecule has 3 nitrogen and oxygen atoms in total.